The van der Waals surface area contributed by atoms with E-state index in [9.17, 15) is 4.79 Å². The van der Waals surface area contributed by atoms with Gasteiger partial charge in [-0.25, -0.2) is 10.3 Å². The minimum atomic E-state index is -0.382. The molecule has 0 atom stereocenters. The fourth-order valence-corrected chi connectivity index (χ4v) is 3.19. The summed E-state index contributed by atoms with van der Waals surface area (Å²) >= 11 is 0. The maximum atomic E-state index is 10.6. The van der Waals surface area contributed by atoms with Gasteiger partial charge in [0.15, 0.2) is 0 Å². The first-order valence-corrected chi connectivity index (χ1v) is 23.5. The molecule has 0 aromatic heterocycles. The SMILES string of the molecule is C.C.C.C.C.C.C.C.C.C.CCC(C)CC.CCC(CC)NO.CCCC.CCCCCOCOCC.CCCCOCOCC.CCCOCCCCOCC.CCNC(=O)OCCOCC. The van der Waals surface area contributed by atoms with E-state index in [1.165, 1.54) is 44.9 Å². The third kappa shape index (κ3) is 166. The summed E-state index contributed by atoms with van der Waals surface area (Å²) in [4.78, 5) is 10.6. The normalized spacial score (nSPS) is 8.38. The van der Waals surface area contributed by atoms with Gasteiger partial charge in [-0.1, -0.05) is 188 Å². The molecule has 0 aliphatic rings. The lowest BCUT2D eigenvalue weighted by Gasteiger charge is -2.06. The fourth-order valence-electron chi connectivity index (χ4n) is 3.19. The first kappa shape index (κ1) is 117. The van der Waals surface area contributed by atoms with Crippen molar-refractivity contribution in [1.82, 2.24) is 10.8 Å². The van der Waals surface area contributed by atoms with Crippen molar-refractivity contribution in [2.75, 3.05) is 92.8 Å². The van der Waals surface area contributed by atoms with E-state index < -0.39 is 0 Å². The Labute approximate surface area is 436 Å². The molecule has 0 saturated carbocycles. The Kier molecular flexibility index (Phi) is 226. The summed E-state index contributed by atoms with van der Waals surface area (Å²) in [5.74, 6) is 0.935. The highest BCUT2D eigenvalue weighted by Gasteiger charge is 1.97. The minimum Gasteiger partial charge on any atom is -0.447 e. The molecule has 3 N–H and O–H groups in total. The van der Waals surface area contributed by atoms with Crippen LogP contribution in [0.3, 0.4) is 0 Å². The van der Waals surface area contributed by atoms with Gasteiger partial charge in [0, 0.05) is 72.0 Å². The molecule has 0 bridgehead atoms. The first-order chi connectivity index (χ1) is 28.1. The number of hydroxylamine groups is 1. The topological polar surface area (TPSA) is 135 Å². The van der Waals surface area contributed by atoms with E-state index in [1.807, 2.05) is 48.5 Å². The van der Waals surface area contributed by atoms with Crippen molar-refractivity contribution in [2.24, 2.45) is 5.92 Å². The van der Waals surface area contributed by atoms with E-state index >= 15 is 0 Å². The zero-order valence-electron chi connectivity index (χ0n) is 41.6. The van der Waals surface area contributed by atoms with E-state index in [2.05, 4.69) is 66.2 Å². The number of carbonyl (C=O) groups is 1. The van der Waals surface area contributed by atoms with Gasteiger partial charge < -0.3 is 48.4 Å². The van der Waals surface area contributed by atoms with Crippen LogP contribution in [-0.4, -0.2) is 110 Å². The summed E-state index contributed by atoms with van der Waals surface area (Å²) in [5, 5.41) is 10.8. The molecule has 0 radical (unpaired) electrons. The number of amides is 1. The van der Waals surface area contributed by atoms with Crippen molar-refractivity contribution in [3.8, 4) is 0 Å². The Morgan fingerprint density at radius 1 is 0.397 bits per heavy atom. The van der Waals surface area contributed by atoms with Gasteiger partial charge >= 0.3 is 6.09 Å². The summed E-state index contributed by atoms with van der Waals surface area (Å²) < 4.78 is 40.4. The van der Waals surface area contributed by atoms with Gasteiger partial charge in [0.2, 0.25) is 0 Å². The van der Waals surface area contributed by atoms with Crippen molar-refractivity contribution in [1.29, 1.82) is 0 Å². The van der Waals surface area contributed by atoms with Gasteiger partial charge in [0.05, 0.1) is 6.61 Å². The molecule has 0 rings (SSSR count). The van der Waals surface area contributed by atoms with Crippen LogP contribution in [0.4, 0.5) is 4.79 Å². The van der Waals surface area contributed by atoms with Gasteiger partial charge in [0.25, 0.3) is 0 Å². The van der Waals surface area contributed by atoms with Crippen LogP contribution in [0, 0.1) is 5.92 Å². The van der Waals surface area contributed by atoms with E-state index in [1.54, 1.807) is 0 Å². The highest BCUT2D eigenvalue weighted by Crippen LogP contribution is 2.03. The lowest BCUT2D eigenvalue weighted by Crippen LogP contribution is -2.25. The lowest BCUT2D eigenvalue weighted by molar-refractivity contribution is -0.0502. The number of ether oxygens (including phenoxy) is 8. The molecular formula is C56H146N2O10. The molecule has 0 unspecified atom stereocenters. The van der Waals surface area contributed by atoms with Crippen molar-refractivity contribution < 1.29 is 47.9 Å². The number of hydrogen-bond donors (Lipinski definition) is 3. The molecule has 68 heavy (non-hydrogen) atoms. The summed E-state index contributed by atoms with van der Waals surface area (Å²) in [6.45, 7) is 40.9. The molecule has 12 nitrogen and oxygen atoms in total. The zero-order chi connectivity index (χ0) is 45.6. The Hall–Kier alpha value is -1.09. The van der Waals surface area contributed by atoms with E-state index in [0.29, 0.717) is 46.0 Å². The fraction of sp³-hybridized carbons (Fsp3) is 0.982. The van der Waals surface area contributed by atoms with Crippen molar-refractivity contribution in [3.63, 3.8) is 0 Å². The van der Waals surface area contributed by atoms with Crippen molar-refractivity contribution >= 4 is 6.09 Å². The third-order valence-electron chi connectivity index (χ3n) is 7.70. The van der Waals surface area contributed by atoms with Crippen LogP contribution in [0.1, 0.15) is 268 Å². The second-order valence-corrected chi connectivity index (χ2v) is 13.0. The molecule has 0 aromatic rings. The minimum absolute atomic E-state index is 0. The van der Waals surface area contributed by atoms with E-state index in [4.69, 9.17) is 43.1 Å². The number of unbranched alkanes of at least 4 members (excludes halogenated alkanes) is 5. The highest BCUT2D eigenvalue weighted by atomic mass is 16.7. The molecule has 12 heteroatoms. The van der Waals surface area contributed by atoms with Crippen LogP contribution >= 0.6 is 0 Å². The molecule has 1 amide bonds. The number of hydrogen-bond acceptors (Lipinski definition) is 11. The first-order valence-electron chi connectivity index (χ1n) is 23.5. The largest absolute Gasteiger partial charge is 0.447 e. The van der Waals surface area contributed by atoms with Gasteiger partial charge in [-0.05, 0) is 85.5 Å². The number of nitrogens with one attached hydrogen (secondary N) is 2. The van der Waals surface area contributed by atoms with Crippen LogP contribution in [0.25, 0.3) is 0 Å². The molecule has 0 aliphatic heterocycles. The number of carbonyl (C=O) groups excluding carboxylic acids is 1. The van der Waals surface area contributed by atoms with E-state index in [0.717, 1.165) is 104 Å². The predicted molar refractivity (Wildman–Crippen MR) is 315 cm³/mol. The zero-order valence-corrected chi connectivity index (χ0v) is 41.6. The average molecular weight is 1010 g/mol. The van der Waals surface area contributed by atoms with Crippen LogP contribution in [0.15, 0.2) is 0 Å². The molecule has 0 aromatic carbocycles. The van der Waals surface area contributed by atoms with Gasteiger partial charge in [0.1, 0.15) is 20.2 Å². The average Bonchev–Trinajstić information content (AvgIpc) is 3.25. The van der Waals surface area contributed by atoms with Crippen LogP contribution in [-0.2, 0) is 37.9 Å². The van der Waals surface area contributed by atoms with Crippen LogP contribution in [0.5, 0.6) is 0 Å². The standard InChI is InChI=1S/C9H20O2.C8H18O2.C7H15NO3.C7H16O2.C6H14.C5H13NO.C4H10.10CH4/c1-3-7-11-9-6-5-8-10-4-2;1-3-5-6-7-10-8-9-4-2;1-3-8-7(9)11-6-5-10-4-2;1-3-5-6-9-7-8-4-2;1-4-6(3)5-2;1-3-5(4-2)6-7;1-3-4-2;;;;;;;;;;/h3-9H2,1-2H3;3-8H2,1-2H3;3-6H2,1-2H3,(H,8,9);3-7H2,1-2H3;6H,4-5H2,1-3H3;5-7H,3-4H2,1-2H3;3-4H2,1-2H3;10*1H4. The predicted octanol–water partition coefficient (Wildman–Crippen LogP) is 18.7. The number of alkyl carbamates (subject to hydrolysis) is 1. The summed E-state index contributed by atoms with van der Waals surface area (Å²) in [6, 6.07) is 0.292. The molecular weight excluding hydrogens is 861 g/mol. The molecule has 0 heterocycles. The molecule has 0 spiro atoms. The second kappa shape index (κ2) is 132. The molecule has 0 aliphatic carbocycles. The van der Waals surface area contributed by atoms with Crippen LogP contribution in [0.2, 0.25) is 0 Å². The quantitative estimate of drug-likeness (QED) is 0.0338. The van der Waals surface area contributed by atoms with Gasteiger partial charge in [-0.3, -0.25) is 0 Å². The smallest absolute Gasteiger partial charge is 0.407 e. The molecule has 440 valence electrons. The Morgan fingerprint density at radius 3 is 1.06 bits per heavy atom. The Morgan fingerprint density at radius 2 is 0.765 bits per heavy atom. The highest BCUT2D eigenvalue weighted by molar-refractivity contribution is 5.66. The maximum absolute atomic E-state index is 10.6. The maximum Gasteiger partial charge on any atom is 0.407 e. The number of rotatable bonds is 32. The van der Waals surface area contributed by atoms with Gasteiger partial charge in [-0.2, -0.15) is 0 Å². The molecule has 0 saturated heterocycles. The summed E-state index contributed by atoms with van der Waals surface area (Å²) in [5.41, 5.74) is 2.20. The van der Waals surface area contributed by atoms with Crippen molar-refractivity contribution in [2.45, 2.75) is 274 Å². The third-order valence-corrected chi connectivity index (χ3v) is 7.70. The lowest BCUT2D eigenvalue weighted by atomic mass is 10.1. The second-order valence-electron chi connectivity index (χ2n) is 13.0. The summed E-state index contributed by atoms with van der Waals surface area (Å²) in [6.07, 6.45) is 16.2. The Bertz CT molecular complexity index is 576. The summed E-state index contributed by atoms with van der Waals surface area (Å²) in [7, 11) is 0. The van der Waals surface area contributed by atoms with Crippen LogP contribution < -0.4 is 10.8 Å². The van der Waals surface area contributed by atoms with E-state index in [-0.39, 0.29) is 80.4 Å². The molecule has 0 fully saturated rings. The van der Waals surface area contributed by atoms with Gasteiger partial charge in [-0.15, -0.1) is 0 Å². The Balaban J connectivity index is -0.0000000295. The monoisotopic (exact) mass is 1010 g/mol. The van der Waals surface area contributed by atoms with Crippen molar-refractivity contribution in [3.05, 3.63) is 0 Å².